The van der Waals surface area contributed by atoms with E-state index in [1.165, 1.54) is 6.92 Å². The summed E-state index contributed by atoms with van der Waals surface area (Å²) in [6, 6.07) is -3.11. The molecule has 1 unspecified atom stereocenters. The van der Waals surface area contributed by atoms with Crippen LogP contribution in [0.2, 0.25) is 0 Å². The minimum atomic E-state index is -4.53. The van der Waals surface area contributed by atoms with Crippen molar-refractivity contribution in [2.75, 3.05) is 12.8 Å². The standard InChI is InChI=1S/C15H26F3NO3S/c1-10(2)6-5-7-13(20)23-9-8-12(15(16,17)18)19(4)11(3)14(21)22/h10-12H,5-9H2,1-4H3,(H,21,22)/t11-,12?/m0/s1. The highest BCUT2D eigenvalue weighted by Crippen LogP contribution is 2.29. The molecule has 8 heteroatoms. The average molecular weight is 357 g/mol. The molecular formula is C15H26F3NO3S. The number of nitrogens with zero attached hydrogens (tertiary/aromatic N) is 1. The van der Waals surface area contributed by atoms with E-state index in [1.54, 1.807) is 0 Å². The zero-order chi connectivity index (χ0) is 18.2. The van der Waals surface area contributed by atoms with Crippen molar-refractivity contribution in [2.45, 2.75) is 64.7 Å². The molecule has 0 aromatic carbocycles. The first kappa shape index (κ1) is 22.2. The summed E-state index contributed by atoms with van der Waals surface area (Å²) in [7, 11) is 1.14. The summed E-state index contributed by atoms with van der Waals surface area (Å²) in [5, 5.41) is 8.74. The van der Waals surface area contributed by atoms with Crippen molar-refractivity contribution >= 4 is 22.8 Å². The third-order valence-corrected chi connectivity index (χ3v) is 4.62. The van der Waals surface area contributed by atoms with Crippen LogP contribution in [0.5, 0.6) is 0 Å². The van der Waals surface area contributed by atoms with Gasteiger partial charge in [-0.1, -0.05) is 32.0 Å². The molecule has 0 spiro atoms. The number of halogens is 3. The Balaban J connectivity index is 4.42. The highest BCUT2D eigenvalue weighted by Gasteiger charge is 2.44. The average Bonchev–Trinajstić information content (AvgIpc) is 2.40. The largest absolute Gasteiger partial charge is 0.480 e. The number of carbonyl (C=O) groups excluding carboxylic acids is 1. The topological polar surface area (TPSA) is 57.6 Å². The van der Waals surface area contributed by atoms with Crippen molar-refractivity contribution in [1.82, 2.24) is 4.90 Å². The molecule has 136 valence electrons. The van der Waals surface area contributed by atoms with Crippen LogP contribution in [-0.4, -0.2) is 52.2 Å². The van der Waals surface area contributed by atoms with Crippen LogP contribution in [0, 0.1) is 5.92 Å². The SMILES string of the molecule is CC(C)CCCC(=O)SCCC(N(C)[C@@H](C)C(=O)O)C(F)(F)F. The summed E-state index contributed by atoms with van der Waals surface area (Å²) in [5.41, 5.74) is 0. The predicted molar refractivity (Wildman–Crippen MR) is 85.5 cm³/mol. The van der Waals surface area contributed by atoms with Gasteiger partial charge in [0.15, 0.2) is 5.12 Å². The van der Waals surface area contributed by atoms with Gasteiger partial charge in [-0.3, -0.25) is 14.5 Å². The Morgan fingerprint density at radius 2 is 1.74 bits per heavy atom. The van der Waals surface area contributed by atoms with E-state index >= 15 is 0 Å². The van der Waals surface area contributed by atoms with Gasteiger partial charge < -0.3 is 5.11 Å². The number of alkyl halides is 3. The van der Waals surface area contributed by atoms with Crippen LogP contribution in [0.4, 0.5) is 13.2 Å². The Kier molecular flexibility index (Phi) is 9.84. The van der Waals surface area contributed by atoms with Gasteiger partial charge in [0.05, 0.1) is 0 Å². The molecule has 1 N–H and O–H groups in total. The lowest BCUT2D eigenvalue weighted by Crippen LogP contribution is -2.50. The Hall–Kier alpha value is -0.760. The first-order valence-corrected chi connectivity index (χ1v) is 8.62. The Labute approximate surface area is 139 Å². The molecule has 2 atom stereocenters. The van der Waals surface area contributed by atoms with Crippen LogP contribution in [0.1, 0.15) is 46.5 Å². The van der Waals surface area contributed by atoms with E-state index in [2.05, 4.69) is 0 Å². The Bertz CT molecular complexity index is 389. The lowest BCUT2D eigenvalue weighted by molar-refractivity contribution is -0.188. The van der Waals surface area contributed by atoms with Crippen molar-refractivity contribution in [3.8, 4) is 0 Å². The van der Waals surface area contributed by atoms with Crippen molar-refractivity contribution < 1.29 is 27.9 Å². The number of carboxylic acids is 1. The normalized spacial score (nSPS) is 15.0. The molecule has 0 aromatic rings. The third kappa shape index (κ3) is 9.20. The van der Waals surface area contributed by atoms with Gasteiger partial charge in [-0.25, -0.2) is 0 Å². The first-order chi connectivity index (χ1) is 10.5. The molecule has 0 aliphatic carbocycles. The lowest BCUT2D eigenvalue weighted by Gasteiger charge is -2.32. The molecule has 0 aliphatic heterocycles. The second-order valence-electron chi connectivity index (χ2n) is 6.03. The molecule has 0 bridgehead atoms. The molecule has 4 nitrogen and oxygen atoms in total. The smallest absolute Gasteiger partial charge is 0.404 e. The van der Waals surface area contributed by atoms with Crippen LogP contribution in [0.25, 0.3) is 0 Å². The molecule has 0 aliphatic rings. The number of carboxylic acid groups (broad SMARTS) is 1. The molecule has 0 saturated carbocycles. The van der Waals surface area contributed by atoms with Crippen LogP contribution in [0.15, 0.2) is 0 Å². The minimum absolute atomic E-state index is 0.0291. The third-order valence-electron chi connectivity index (χ3n) is 3.65. The minimum Gasteiger partial charge on any atom is -0.480 e. The maximum absolute atomic E-state index is 13.1. The van der Waals surface area contributed by atoms with Crippen molar-refractivity contribution in [3.63, 3.8) is 0 Å². The fourth-order valence-electron chi connectivity index (χ4n) is 2.05. The Morgan fingerprint density at radius 3 is 2.17 bits per heavy atom. The highest BCUT2D eigenvalue weighted by molar-refractivity contribution is 8.13. The first-order valence-electron chi connectivity index (χ1n) is 7.63. The van der Waals surface area contributed by atoms with E-state index in [-0.39, 0.29) is 17.3 Å². The molecule has 0 heterocycles. The summed E-state index contributed by atoms with van der Waals surface area (Å²) >= 11 is 0.897. The van der Waals surface area contributed by atoms with E-state index in [0.717, 1.165) is 36.6 Å². The maximum Gasteiger partial charge on any atom is 0.404 e. The zero-order valence-electron chi connectivity index (χ0n) is 14.0. The fraction of sp³-hybridized carbons (Fsp3) is 0.867. The summed E-state index contributed by atoms with van der Waals surface area (Å²) in [5.74, 6) is -0.783. The van der Waals surface area contributed by atoms with Crippen molar-refractivity contribution in [2.24, 2.45) is 5.92 Å². The second-order valence-corrected chi connectivity index (χ2v) is 7.18. The summed E-state index contributed by atoms with van der Waals surface area (Å²) < 4.78 is 39.2. The van der Waals surface area contributed by atoms with E-state index in [0.29, 0.717) is 12.3 Å². The number of rotatable bonds is 10. The summed E-state index contributed by atoms with van der Waals surface area (Å²) in [4.78, 5) is 23.3. The second kappa shape index (κ2) is 10.2. The number of thioether (sulfide) groups is 1. The van der Waals surface area contributed by atoms with Gasteiger partial charge in [0, 0.05) is 12.2 Å². The highest BCUT2D eigenvalue weighted by atomic mass is 32.2. The number of aliphatic carboxylic acids is 1. The van der Waals surface area contributed by atoms with Gasteiger partial charge in [-0.15, -0.1) is 0 Å². The number of carbonyl (C=O) groups is 2. The zero-order valence-corrected chi connectivity index (χ0v) is 14.8. The molecule has 23 heavy (non-hydrogen) atoms. The van der Waals surface area contributed by atoms with Gasteiger partial charge in [0.25, 0.3) is 0 Å². The Morgan fingerprint density at radius 1 is 1.17 bits per heavy atom. The molecule has 0 rings (SSSR count). The molecule has 0 radical (unpaired) electrons. The van der Waals surface area contributed by atoms with Gasteiger partial charge >= 0.3 is 12.1 Å². The molecular weight excluding hydrogens is 331 g/mol. The summed E-state index contributed by atoms with van der Waals surface area (Å²) in [6.07, 6.45) is -2.82. The quantitative estimate of drug-likeness (QED) is 0.644. The van der Waals surface area contributed by atoms with Crippen LogP contribution in [0.3, 0.4) is 0 Å². The van der Waals surface area contributed by atoms with E-state index in [4.69, 9.17) is 5.11 Å². The number of likely N-dealkylation sites (N-methyl/N-ethyl adjacent to an activating group) is 1. The summed E-state index contributed by atoms with van der Waals surface area (Å²) in [6.45, 7) is 5.31. The van der Waals surface area contributed by atoms with Crippen molar-refractivity contribution in [3.05, 3.63) is 0 Å². The number of hydrogen-bond acceptors (Lipinski definition) is 4. The predicted octanol–water partition coefficient (Wildman–Crippen LogP) is 3.80. The van der Waals surface area contributed by atoms with Crippen LogP contribution < -0.4 is 0 Å². The monoisotopic (exact) mass is 357 g/mol. The lowest BCUT2D eigenvalue weighted by atomic mass is 10.1. The van der Waals surface area contributed by atoms with Crippen LogP contribution >= 0.6 is 11.8 Å². The molecule has 0 aromatic heterocycles. The maximum atomic E-state index is 13.1. The molecule has 0 amide bonds. The molecule has 0 saturated heterocycles. The molecule has 0 fully saturated rings. The van der Waals surface area contributed by atoms with Gasteiger partial charge in [-0.05, 0) is 32.7 Å². The van der Waals surface area contributed by atoms with E-state index in [9.17, 15) is 22.8 Å². The van der Waals surface area contributed by atoms with Crippen molar-refractivity contribution in [1.29, 1.82) is 0 Å². The van der Waals surface area contributed by atoms with E-state index in [1.807, 2.05) is 13.8 Å². The number of hydrogen-bond donors (Lipinski definition) is 1. The fourth-order valence-corrected chi connectivity index (χ4v) is 2.91. The van der Waals surface area contributed by atoms with Gasteiger partial charge in [0.2, 0.25) is 0 Å². The van der Waals surface area contributed by atoms with E-state index < -0.39 is 24.2 Å². The van der Waals surface area contributed by atoms with Gasteiger partial charge in [0.1, 0.15) is 12.1 Å². The van der Waals surface area contributed by atoms with Gasteiger partial charge in [-0.2, -0.15) is 13.2 Å². The van der Waals surface area contributed by atoms with Crippen LogP contribution in [-0.2, 0) is 9.59 Å².